The van der Waals surface area contributed by atoms with Crippen LogP contribution in [0.5, 0.6) is 0 Å². The quantitative estimate of drug-likeness (QED) is 0.603. The largest absolute Gasteiger partial charge is 0.264 e. The van der Waals surface area contributed by atoms with E-state index in [0.717, 1.165) is 11.1 Å². The maximum atomic E-state index is 8.72. The summed E-state index contributed by atoms with van der Waals surface area (Å²) in [5, 5.41) is 8.72. The predicted octanol–water partition coefficient (Wildman–Crippen LogP) is 1.83. The summed E-state index contributed by atoms with van der Waals surface area (Å²) in [7, 11) is 0. The van der Waals surface area contributed by atoms with E-state index < -0.39 is 0 Å². The van der Waals surface area contributed by atoms with Crippen LogP contribution < -0.4 is 0 Å². The predicted molar refractivity (Wildman–Crippen MR) is 40.9 cm³/mol. The molecule has 0 saturated heterocycles. The van der Waals surface area contributed by atoms with Gasteiger partial charge in [0.15, 0.2) is 0 Å². The molecule has 11 heavy (non-hydrogen) atoms. The first-order chi connectivity index (χ1) is 5.42. The highest BCUT2D eigenvalue weighted by atomic mass is 14.6. The van der Waals surface area contributed by atoms with E-state index in [2.05, 4.69) is 11.1 Å². The molecule has 1 aromatic heterocycles. The van der Waals surface area contributed by atoms with Crippen molar-refractivity contribution in [3.05, 3.63) is 29.6 Å². The van der Waals surface area contributed by atoms with Crippen LogP contribution >= 0.6 is 0 Å². The Labute approximate surface area is 65.5 Å². The summed E-state index contributed by atoms with van der Waals surface area (Å²) < 4.78 is 0. The molecule has 1 aromatic rings. The summed E-state index contributed by atoms with van der Waals surface area (Å²) in [6.07, 6.45) is 5.93. The maximum Gasteiger partial charge on any atom is 0.0995 e. The second kappa shape index (κ2) is 2.35. The highest BCUT2D eigenvalue weighted by Gasteiger charge is 2.25. The number of hydrogen-bond donors (Lipinski definition) is 0. The number of rotatable bonds is 1. The summed E-state index contributed by atoms with van der Waals surface area (Å²) in [6, 6.07) is 3.96. The minimum atomic E-state index is 0.623. The maximum absolute atomic E-state index is 8.72. The third kappa shape index (κ3) is 1.10. The third-order valence-corrected chi connectivity index (χ3v) is 1.99. The van der Waals surface area contributed by atoms with Crippen molar-refractivity contribution >= 4 is 0 Å². The fourth-order valence-corrected chi connectivity index (χ4v) is 1.23. The van der Waals surface area contributed by atoms with Crippen molar-refractivity contribution in [1.29, 1.82) is 5.26 Å². The standard InChI is InChI=1S/C9H8N2/c10-5-8-3-4-11-6-9(8)7-1-2-7/h3-4,6-7H,1-2H2. The number of nitriles is 1. The van der Waals surface area contributed by atoms with Crippen LogP contribution in [0.1, 0.15) is 29.9 Å². The zero-order chi connectivity index (χ0) is 7.68. The van der Waals surface area contributed by atoms with Gasteiger partial charge in [-0.2, -0.15) is 5.26 Å². The lowest BCUT2D eigenvalue weighted by Gasteiger charge is -1.97. The van der Waals surface area contributed by atoms with Crippen molar-refractivity contribution in [2.24, 2.45) is 0 Å². The van der Waals surface area contributed by atoms with Crippen LogP contribution in [-0.4, -0.2) is 4.98 Å². The van der Waals surface area contributed by atoms with Crippen molar-refractivity contribution < 1.29 is 0 Å². The van der Waals surface area contributed by atoms with Gasteiger partial charge in [-0.05, 0) is 30.4 Å². The molecule has 1 aliphatic rings. The lowest BCUT2D eigenvalue weighted by Crippen LogP contribution is -1.87. The first-order valence-electron chi connectivity index (χ1n) is 3.76. The minimum Gasteiger partial charge on any atom is -0.264 e. The highest BCUT2D eigenvalue weighted by molar-refractivity contribution is 5.39. The first kappa shape index (κ1) is 6.36. The Balaban J connectivity index is 2.44. The Hall–Kier alpha value is -1.36. The summed E-state index contributed by atoms with van der Waals surface area (Å²) in [5.74, 6) is 0.623. The molecule has 1 fully saturated rings. The Morgan fingerprint density at radius 1 is 1.55 bits per heavy atom. The van der Waals surface area contributed by atoms with Gasteiger partial charge in [-0.15, -0.1) is 0 Å². The summed E-state index contributed by atoms with van der Waals surface area (Å²) in [6.45, 7) is 0. The van der Waals surface area contributed by atoms with Crippen LogP contribution in [0.15, 0.2) is 18.5 Å². The van der Waals surface area contributed by atoms with Crippen LogP contribution in [0.4, 0.5) is 0 Å². The lowest BCUT2D eigenvalue weighted by molar-refractivity contribution is 1.08. The molecule has 0 spiro atoms. The molecule has 1 aliphatic carbocycles. The summed E-state index contributed by atoms with van der Waals surface area (Å²) >= 11 is 0. The minimum absolute atomic E-state index is 0.623. The third-order valence-electron chi connectivity index (χ3n) is 1.99. The van der Waals surface area contributed by atoms with Gasteiger partial charge in [0.05, 0.1) is 11.6 Å². The number of aromatic nitrogens is 1. The van der Waals surface area contributed by atoms with E-state index in [1.54, 1.807) is 12.3 Å². The Morgan fingerprint density at radius 3 is 3.00 bits per heavy atom. The van der Waals surface area contributed by atoms with Crippen LogP contribution in [0.3, 0.4) is 0 Å². The van der Waals surface area contributed by atoms with Crippen LogP contribution in [0.25, 0.3) is 0 Å². The van der Waals surface area contributed by atoms with E-state index in [1.807, 2.05) is 6.20 Å². The molecule has 0 N–H and O–H groups in total. The second-order valence-corrected chi connectivity index (χ2v) is 2.85. The van der Waals surface area contributed by atoms with Gasteiger partial charge < -0.3 is 0 Å². The van der Waals surface area contributed by atoms with Crippen molar-refractivity contribution in [3.8, 4) is 6.07 Å². The smallest absolute Gasteiger partial charge is 0.0995 e. The summed E-state index contributed by atoms with van der Waals surface area (Å²) in [5.41, 5.74) is 1.93. The molecule has 0 atom stereocenters. The molecule has 0 aromatic carbocycles. The monoisotopic (exact) mass is 144 g/mol. The Bertz CT molecular complexity index is 308. The van der Waals surface area contributed by atoms with Gasteiger partial charge in [0, 0.05) is 12.4 Å². The van der Waals surface area contributed by atoms with E-state index in [4.69, 9.17) is 5.26 Å². The molecule has 0 bridgehead atoms. The molecule has 0 amide bonds. The van der Waals surface area contributed by atoms with E-state index in [9.17, 15) is 0 Å². The summed E-state index contributed by atoms with van der Waals surface area (Å²) in [4.78, 5) is 4.00. The van der Waals surface area contributed by atoms with E-state index in [1.165, 1.54) is 12.8 Å². The van der Waals surface area contributed by atoms with Gasteiger partial charge in [0.25, 0.3) is 0 Å². The van der Waals surface area contributed by atoms with Crippen molar-refractivity contribution in [1.82, 2.24) is 4.98 Å². The fourth-order valence-electron chi connectivity index (χ4n) is 1.23. The molecule has 2 rings (SSSR count). The van der Waals surface area contributed by atoms with Gasteiger partial charge in [-0.3, -0.25) is 4.98 Å². The van der Waals surface area contributed by atoms with Crippen LogP contribution in [-0.2, 0) is 0 Å². The second-order valence-electron chi connectivity index (χ2n) is 2.85. The van der Waals surface area contributed by atoms with E-state index in [0.29, 0.717) is 5.92 Å². The average molecular weight is 144 g/mol. The van der Waals surface area contributed by atoms with Gasteiger partial charge >= 0.3 is 0 Å². The molecule has 2 nitrogen and oxygen atoms in total. The van der Waals surface area contributed by atoms with E-state index >= 15 is 0 Å². The molecule has 0 radical (unpaired) electrons. The SMILES string of the molecule is N#Cc1ccncc1C1CC1. The number of nitrogens with zero attached hydrogens (tertiary/aromatic N) is 2. The molecule has 1 saturated carbocycles. The molecule has 54 valence electrons. The number of pyridine rings is 1. The zero-order valence-electron chi connectivity index (χ0n) is 6.12. The molecular weight excluding hydrogens is 136 g/mol. The zero-order valence-corrected chi connectivity index (χ0v) is 6.12. The fraction of sp³-hybridized carbons (Fsp3) is 0.333. The van der Waals surface area contributed by atoms with Crippen molar-refractivity contribution in [3.63, 3.8) is 0 Å². The Morgan fingerprint density at radius 2 is 2.36 bits per heavy atom. The average Bonchev–Trinajstić information content (AvgIpc) is 2.87. The first-order valence-corrected chi connectivity index (χ1v) is 3.76. The normalized spacial score (nSPS) is 15.9. The van der Waals surface area contributed by atoms with Crippen LogP contribution in [0.2, 0.25) is 0 Å². The van der Waals surface area contributed by atoms with Crippen molar-refractivity contribution in [2.75, 3.05) is 0 Å². The molecule has 2 heteroatoms. The molecular formula is C9H8N2. The molecule has 1 heterocycles. The topological polar surface area (TPSA) is 36.7 Å². The van der Waals surface area contributed by atoms with Crippen LogP contribution in [0, 0.1) is 11.3 Å². The molecule has 0 unspecified atom stereocenters. The molecule has 0 aliphatic heterocycles. The Kier molecular flexibility index (Phi) is 1.36. The van der Waals surface area contributed by atoms with E-state index in [-0.39, 0.29) is 0 Å². The lowest BCUT2D eigenvalue weighted by atomic mass is 10.1. The van der Waals surface area contributed by atoms with Gasteiger partial charge in [-0.1, -0.05) is 0 Å². The van der Waals surface area contributed by atoms with Crippen molar-refractivity contribution in [2.45, 2.75) is 18.8 Å². The highest BCUT2D eigenvalue weighted by Crippen LogP contribution is 2.40. The number of hydrogen-bond acceptors (Lipinski definition) is 2. The van der Waals surface area contributed by atoms with Gasteiger partial charge in [-0.25, -0.2) is 0 Å². The van der Waals surface area contributed by atoms with Gasteiger partial charge in [0.2, 0.25) is 0 Å². The van der Waals surface area contributed by atoms with Gasteiger partial charge in [0.1, 0.15) is 0 Å².